The maximum Gasteiger partial charge on any atom is 0.271 e. The van der Waals surface area contributed by atoms with E-state index in [1.54, 1.807) is 6.20 Å². The molecule has 0 aliphatic rings. The molecule has 0 aliphatic carbocycles. The first-order valence-corrected chi connectivity index (χ1v) is 6.50. The monoisotopic (exact) mass is 261 g/mol. The van der Waals surface area contributed by atoms with Crippen molar-refractivity contribution in [3.05, 3.63) is 36.3 Å². The molecule has 2 aromatic rings. The molecule has 0 spiro atoms. The SMILES string of the molecule is CC(C)OCCCNC(=O)c1cn2ccccc2n1. The summed E-state index contributed by atoms with van der Waals surface area (Å²) in [6.07, 6.45) is 4.64. The van der Waals surface area contributed by atoms with Gasteiger partial charge in [-0.3, -0.25) is 4.79 Å². The average Bonchev–Trinajstić information content (AvgIpc) is 2.81. The summed E-state index contributed by atoms with van der Waals surface area (Å²) in [7, 11) is 0. The zero-order chi connectivity index (χ0) is 13.7. The molecule has 0 bridgehead atoms. The molecule has 5 nitrogen and oxygen atoms in total. The van der Waals surface area contributed by atoms with Crippen molar-refractivity contribution < 1.29 is 9.53 Å². The standard InChI is InChI=1S/C14H19N3O2/c1-11(2)19-9-5-7-15-14(18)12-10-17-8-4-3-6-13(17)16-12/h3-4,6,8,10-11H,5,7,9H2,1-2H3,(H,15,18). The second kappa shape index (κ2) is 6.33. The lowest BCUT2D eigenvalue weighted by atomic mass is 10.4. The number of aromatic nitrogens is 2. The predicted octanol–water partition coefficient (Wildman–Crippen LogP) is 1.88. The number of hydrogen-bond acceptors (Lipinski definition) is 3. The highest BCUT2D eigenvalue weighted by molar-refractivity contribution is 5.92. The molecule has 1 N–H and O–H groups in total. The van der Waals surface area contributed by atoms with Crippen molar-refractivity contribution >= 4 is 11.6 Å². The van der Waals surface area contributed by atoms with Crippen LogP contribution in [0, 0.1) is 0 Å². The van der Waals surface area contributed by atoms with E-state index in [1.165, 1.54) is 0 Å². The normalized spacial score (nSPS) is 11.1. The number of carbonyl (C=O) groups excluding carboxylic acids is 1. The zero-order valence-electron chi connectivity index (χ0n) is 11.3. The van der Waals surface area contributed by atoms with Crippen LogP contribution in [-0.4, -0.2) is 34.5 Å². The van der Waals surface area contributed by atoms with Crippen molar-refractivity contribution in [2.45, 2.75) is 26.4 Å². The van der Waals surface area contributed by atoms with Crippen LogP contribution in [0.15, 0.2) is 30.6 Å². The van der Waals surface area contributed by atoms with Gasteiger partial charge < -0.3 is 14.5 Å². The number of amides is 1. The molecule has 2 heterocycles. The fraction of sp³-hybridized carbons (Fsp3) is 0.429. The maximum absolute atomic E-state index is 11.9. The van der Waals surface area contributed by atoms with E-state index in [-0.39, 0.29) is 12.0 Å². The maximum atomic E-state index is 11.9. The van der Waals surface area contributed by atoms with Crippen LogP contribution in [0.5, 0.6) is 0 Å². The smallest absolute Gasteiger partial charge is 0.271 e. The highest BCUT2D eigenvalue weighted by Gasteiger charge is 2.09. The molecule has 5 heteroatoms. The summed E-state index contributed by atoms with van der Waals surface area (Å²) in [6, 6.07) is 5.67. The van der Waals surface area contributed by atoms with Gasteiger partial charge in [0.1, 0.15) is 11.3 Å². The first-order chi connectivity index (χ1) is 9.16. The molecule has 0 radical (unpaired) electrons. The van der Waals surface area contributed by atoms with Crippen LogP contribution >= 0.6 is 0 Å². The minimum Gasteiger partial charge on any atom is -0.379 e. The van der Waals surface area contributed by atoms with E-state index in [1.807, 2.05) is 42.6 Å². The largest absolute Gasteiger partial charge is 0.379 e. The summed E-state index contributed by atoms with van der Waals surface area (Å²) >= 11 is 0. The third-order valence-corrected chi connectivity index (χ3v) is 2.65. The fourth-order valence-electron chi connectivity index (χ4n) is 1.73. The van der Waals surface area contributed by atoms with E-state index in [2.05, 4.69) is 10.3 Å². The van der Waals surface area contributed by atoms with Crippen LogP contribution in [-0.2, 0) is 4.74 Å². The first kappa shape index (κ1) is 13.5. The van der Waals surface area contributed by atoms with Crippen molar-refractivity contribution in [2.24, 2.45) is 0 Å². The topological polar surface area (TPSA) is 55.6 Å². The van der Waals surface area contributed by atoms with Gasteiger partial charge in [0.2, 0.25) is 0 Å². The third kappa shape index (κ3) is 3.79. The van der Waals surface area contributed by atoms with Crippen molar-refractivity contribution in [3.63, 3.8) is 0 Å². The average molecular weight is 261 g/mol. The number of nitrogens with zero attached hydrogens (tertiary/aromatic N) is 2. The van der Waals surface area contributed by atoms with E-state index in [4.69, 9.17) is 4.74 Å². The molecule has 19 heavy (non-hydrogen) atoms. The highest BCUT2D eigenvalue weighted by Crippen LogP contribution is 2.04. The molecule has 0 atom stereocenters. The quantitative estimate of drug-likeness (QED) is 0.808. The van der Waals surface area contributed by atoms with Gasteiger partial charge in [-0.25, -0.2) is 4.98 Å². The molecule has 1 amide bonds. The Hall–Kier alpha value is -1.88. The van der Waals surface area contributed by atoms with Gasteiger partial charge in [0.05, 0.1) is 6.10 Å². The van der Waals surface area contributed by atoms with Crippen LogP contribution in [0.25, 0.3) is 5.65 Å². The Morgan fingerprint density at radius 2 is 2.32 bits per heavy atom. The molecular formula is C14H19N3O2. The molecule has 0 aliphatic heterocycles. The molecule has 0 saturated heterocycles. The Morgan fingerprint density at radius 3 is 3.05 bits per heavy atom. The van der Waals surface area contributed by atoms with E-state index in [0.29, 0.717) is 18.8 Å². The molecular weight excluding hydrogens is 242 g/mol. The van der Waals surface area contributed by atoms with Gasteiger partial charge in [0.15, 0.2) is 0 Å². The zero-order valence-corrected chi connectivity index (χ0v) is 11.3. The van der Waals surface area contributed by atoms with Crippen molar-refractivity contribution in [2.75, 3.05) is 13.2 Å². The molecule has 2 rings (SSSR count). The van der Waals surface area contributed by atoms with E-state index in [9.17, 15) is 4.79 Å². The summed E-state index contributed by atoms with van der Waals surface area (Å²) in [5.74, 6) is -0.145. The Morgan fingerprint density at radius 1 is 1.47 bits per heavy atom. The summed E-state index contributed by atoms with van der Waals surface area (Å²) in [5.41, 5.74) is 1.21. The third-order valence-electron chi connectivity index (χ3n) is 2.65. The van der Waals surface area contributed by atoms with Gasteiger partial charge in [-0.15, -0.1) is 0 Å². The Bertz CT molecular complexity index is 515. The number of hydrogen-bond donors (Lipinski definition) is 1. The second-order valence-electron chi connectivity index (χ2n) is 4.62. The number of fused-ring (bicyclic) bond motifs is 1. The van der Waals surface area contributed by atoms with Crippen LogP contribution in [0.3, 0.4) is 0 Å². The Labute approximate surface area is 112 Å². The van der Waals surface area contributed by atoms with Crippen LogP contribution in [0.1, 0.15) is 30.8 Å². The molecule has 2 aromatic heterocycles. The van der Waals surface area contributed by atoms with Gasteiger partial charge in [0.25, 0.3) is 5.91 Å². The molecule has 0 unspecified atom stereocenters. The lowest BCUT2D eigenvalue weighted by Gasteiger charge is -2.07. The fourth-order valence-corrected chi connectivity index (χ4v) is 1.73. The van der Waals surface area contributed by atoms with Crippen LogP contribution in [0.2, 0.25) is 0 Å². The molecule has 0 saturated carbocycles. The summed E-state index contributed by atoms with van der Waals surface area (Å²) in [5, 5.41) is 2.84. The number of rotatable bonds is 6. The Kier molecular flexibility index (Phi) is 4.52. The van der Waals surface area contributed by atoms with Gasteiger partial charge in [0, 0.05) is 25.5 Å². The lowest BCUT2D eigenvalue weighted by Crippen LogP contribution is -2.25. The number of pyridine rings is 1. The van der Waals surface area contributed by atoms with E-state index in [0.717, 1.165) is 12.1 Å². The number of imidazole rings is 1. The van der Waals surface area contributed by atoms with Crippen molar-refractivity contribution in [1.82, 2.24) is 14.7 Å². The van der Waals surface area contributed by atoms with Gasteiger partial charge in [-0.1, -0.05) is 6.07 Å². The minimum atomic E-state index is -0.145. The van der Waals surface area contributed by atoms with Gasteiger partial charge >= 0.3 is 0 Å². The van der Waals surface area contributed by atoms with Crippen molar-refractivity contribution in [3.8, 4) is 0 Å². The number of carbonyl (C=O) groups is 1. The van der Waals surface area contributed by atoms with Crippen LogP contribution in [0.4, 0.5) is 0 Å². The summed E-state index contributed by atoms with van der Waals surface area (Å²) < 4.78 is 7.24. The first-order valence-electron chi connectivity index (χ1n) is 6.50. The van der Waals surface area contributed by atoms with Gasteiger partial charge in [-0.2, -0.15) is 0 Å². The molecule has 0 aromatic carbocycles. The highest BCUT2D eigenvalue weighted by atomic mass is 16.5. The Balaban J connectivity index is 1.83. The summed E-state index contributed by atoms with van der Waals surface area (Å²) in [4.78, 5) is 16.1. The second-order valence-corrected chi connectivity index (χ2v) is 4.62. The number of ether oxygens (including phenoxy) is 1. The van der Waals surface area contributed by atoms with E-state index < -0.39 is 0 Å². The lowest BCUT2D eigenvalue weighted by molar-refractivity contribution is 0.0756. The van der Waals surface area contributed by atoms with Crippen LogP contribution < -0.4 is 5.32 Å². The van der Waals surface area contributed by atoms with Gasteiger partial charge in [-0.05, 0) is 32.4 Å². The molecule has 0 fully saturated rings. The van der Waals surface area contributed by atoms with Crippen molar-refractivity contribution in [1.29, 1.82) is 0 Å². The summed E-state index contributed by atoms with van der Waals surface area (Å²) in [6.45, 7) is 5.24. The predicted molar refractivity (Wildman–Crippen MR) is 73.2 cm³/mol. The minimum absolute atomic E-state index is 0.145. The molecule has 102 valence electrons. The number of nitrogens with one attached hydrogen (secondary N) is 1. The van der Waals surface area contributed by atoms with E-state index >= 15 is 0 Å².